The third kappa shape index (κ3) is 4.66. The number of rotatable bonds is 6. The van der Waals surface area contributed by atoms with E-state index in [1.165, 1.54) is 25.5 Å². The minimum Gasteiger partial charge on any atom is -0.465 e. The van der Waals surface area contributed by atoms with Crippen LogP contribution in [0.25, 0.3) is 28.4 Å². The summed E-state index contributed by atoms with van der Waals surface area (Å²) < 4.78 is 4.80. The normalized spacial score (nSPS) is 10.3. The zero-order valence-electron chi connectivity index (χ0n) is 17.2. The molecule has 0 spiro atoms. The average molecular weight is 380 g/mol. The van der Waals surface area contributed by atoms with Crippen LogP contribution in [0.5, 0.6) is 0 Å². The molecule has 0 saturated heterocycles. The van der Waals surface area contributed by atoms with Gasteiger partial charge in [0, 0.05) is 23.3 Å². The van der Waals surface area contributed by atoms with Gasteiger partial charge < -0.3 is 9.72 Å². The van der Waals surface area contributed by atoms with Gasteiger partial charge in [0.2, 0.25) is 0 Å². The van der Waals surface area contributed by atoms with E-state index in [9.17, 15) is 4.79 Å². The van der Waals surface area contributed by atoms with Gasteiger partial charge in [0.25, 0.3) is 0 Å². The first-order valence-electron chi connectivity index (χ1n) is 9.77. The van der Waals surface area contributed by atoms with Crippen LogP contribution in [0.1, 0.15) is 61.6 Å². The van der Waals surface area contributed by atoms with Crippen LogP contribution in [0.3, 0.4) is 0 Å². The molecule has 0 atom stereocenters. The van der Waals surface area contributed by atoms with Crippen LogP contribution in [-0.4, -0.2) is 28.0 Å². The molecule has 2 aromatic heterocycles. The summed E-state index contributed by atoms with van der Waals surface area (Å²) in [6.07, 6.45) is 9.56. The molecule has 0 unspecified atom stereocenters. The second-order valence-corrected chi connectivity index (χ2v) is 6.47. The molecular weight excluding hydrogens is 350 g/mol. The van der Waals surface area contributed by atoms with Crippen LogP contribution in [0.15, 0.2) is 37.2 Å². The number of benzene rings is 1. The molecule has 2 heterocycles. The predicted molar refractivity (Wildman–Crippen MR) is 115 cm³/mol. The Hall–Kier alpha value is -2.95. The Labute approximate surface area is 166 Å². The molecule has 0 amide bonds. The van der Waals surface area contributed by atoms with Crippen LogP contribution in [0, 0.1) is 0 Å². The Bertz CT molecular complexity index is 942. The molecule has 28 heavy (non-hydrogen) atoms. The summed E-state index contributed by atoms with van der Waals surface area (Å²) in [5.41, 5.74) is 5.01. The smallest absolute Gasteiger partial charge is 0.337 e. The summed E-state index contributed by atoms with van der Waals surface area (Å²) in [5.74, 6) is -0.351. The molecule has 0 aliphatic heterocycles. The van der Waals surface area contributed by atoms with Crippen molar-refractivity contribution in [2.45, 2.75) is 46.5 Å². The van der Waals surface area contributed by atoms with Gasteiger partial charge in [-0.05, 0) is 30.2 Å². The van der Waals surface area contributed by atoms with E-state index in [1.54, 1.807) is 24.5 Å². The molecule has 1 N–H and O–H groups in total. The molecule has 0 saturated carbocycles. The van der Waals surface area contributed by atoms with E-state index < -0.39 is 0 Å². The Kier molecular flexibility index (Phi) is 7.93. The Morgan fingerprint density at radius 3 is 2.46 bits per heavy atom. The average Bonchev–Trinajstić information content (AvgIpc) is 3.11. The van der Waals surface area contributed by atoms with Gasteiger partial charge in [-0.2, -0.15) is 0 Å². The molecule has 0 bridgehead atoms. The lowest BCUT2D eigenvalue weighted by atomic mass is 10.0. The van der Waals surface area contributed by atoms with Crippen molar-refractivity contribution < 1.29 is 9.53 Å². The summed E-state index contributed by atoms with van der Waals surface area (Å²) in [7, 11) is 1.38. The maximum absolute atomic E-state index is 11.8. The highest BCUT2D eigenvalue weighted by molar-refractivity contribution is 5.97. The minimum atomic E-state index is -0.351. The fraction of sp³-hybridized carbons (Fsp3) is 0.348. The van der Waals surface area contributed by atoms with Crippen molar-refractivity contribution in [1.29, 1.82) is 0 Å². The SMILES string of the molecule is C=Cc1nccnc1-c1[nH]c2cc(C(=O)OC)ccc2c1CCC.CCCC. The predicted octanol–water partition coefficient (Wildman–Crippen LogP) is 5.81. The first kappa shape index (κ1) is 21.4. The molecule has 0 fully saturated rings. The Morgan fingerprint density at radius 2 is 1.86 bits per heavy atom. The summed E-state index contributed by atoms with van der Waals surface area (Å²) in [4.78, 5) is 24.0. The largest absolute Gasteiger partial charge is 0.465 e. The van der Waals surface area contributed by atoms with Crippen LogP contribution in [0.4, 0.5) is 0 Å². The lowest BCUT2D eigenvalue weighted by Gasteiger charge is -2.05. The van der Waals surface area contributed by atoms with E-state index in [0.29, 0.717) is 5.56 Å². The van der Waals surface area contributed by atoms with E-state index in [-0.39, 0.29) is 5.97 Å². The van der Waals surface area contributed by atoms with Crippen LogP contribution in [-0.2, 0) is 11.2 Å². The molecular formula is C23H29N3O2. The highest BCUT2D eigenvalue weighted by Gasteiger charge is 2.17. The van der Waals surface area contributed by atoms with Crippen molar-refractivity contribution >= 4 is 22.9 Å². The minimum absolute atomic E-state index is 0.351. The number of fused-ring (bicyclic) bond motifs is 1. The molecule has 1 aromatic carbocycles. The third-order valence-electron chi connectivity index (χ3n) is 4.48. The van der Waals surface area contributed by atoms with Crippen LogP contribution in [0.2, 0.25) is 0 Å². The van der Waals surface area contributed by atoms with E-state index in [4.69, 9.17) is 4.74 Å². The summed E-state index contributed by atoms with van der Waals surface area (Å²) in [6, 6.07) is 5.56. The first-order chi connectivity index (χ1) is 13.6. The number of aryl methyl sites for hydroxylation is 1. The fourth-order valence-electron chi connectivity index (χ4n) is 2.90. The molecule has 0 radical (unpaired) electrons. The van der Waals surface area contributed by atoms with Crippen LogP contribution < -0.4 is 0 Å². The molecule has 3 rings (SSSR count). The molecule has 0 aliphatic rings. The lowest BCUT2D eigenvalue weighted by molar-refractivity contribution is 0.0601. The van der Waals surface area contributed by atoms with Crippen molar-refractivity contribution in [3.05, 3.63) is 54.0 Å². The van der Waals surface area contributed by atoms with Crippen LogP contribution >= 0.6 is 0 Å². The number of hydrogen-bond donors (Lipinski definition) is 1. The lowest BCUT2D eigenvalue weighted by Crippen LogP contribution is -2.00. The maximum atomic E-state index is 11.8. The number of esters is 1. The fourth-order valence-corrected chi connectivity index (χ4v) is 2.90. The number of H-pyrrole nitrogens is 1. The number of unbranched alkanes of at least 4 members (excludes halogenated alkanes) is 1. The van der Waals surface area contributed by atoms with E-state index in [2.05, 4.69) is 42.3 Å². The highest BCUT2D eigenvalue weighted by Crippen LogP contribution is 2.32. The van der Waals surface area contributed by atoms with Gasteiger partial charge in [-0.3, -0.25) is 9.97 Å². The number of carbonyl (C=O) groups excluding carboxylic acids is 1. The van der Waals surface area contributed by atoms with E-state index >= 15 is 0 Å². The second kappa shape index (κ2) is 10.4. The summed E-state index contributed by atoms with van der Waals surface area (Å²) >= 11 is 0. The Morgan fingerprint density at radius 1 is 1.14 bits per heavy atom. The standard InChI is InChI=1S/C19H19N3O2.C4H10/c1-4-6-14-13-8-7-12(19(23)24-3)11-16(13)22-17(14)18-15(5-2)20-9-10-21-18;1-3-4-2/h5,7-11,22H,2,4,6H2,1,3H3;3-4H2,1-2H3. The quantitative estimate of drug-likeness (QED) is 0.549. The van der Waals surface area contributed by atoms with Gasteiger partial charge in [0.15, 0.2) is 0 Å². The number of aromatic nitrogens is 3. The zero-order valence-corrected chi connectivity index (χ0v) is 17.2. The highest BCUT2D eigenvalue weighted by atomic mass is 16.5. The number of nitrogens with one attached hydrogen (secondary N) is 1. The van der Waals surface area contributed by atoms with Crippen molar-refractivity contribution in [2.75, 3.05) is 7.11 Å². The topological polar surface area (TPSA) is 67.9 Å². The van der Waals surface area contributed by atoms with Crippen molar-refractivity contribution in [2.24, 2.45) is 0 Å². The van der Waals surface area contributed by atoms with Crippen molar-refractivity contribution in [3.8, 4) is 11.4 Å². The number of aromatic amines is 1. The first-order valence-corrected chi connectivity index (χ1v) is 9.77. The third-order valence-corrected chi connectivity index (χ3v) is 4.48. The summed E-state index contributed by atoms with van der Waals surface area (Å²) in [5, 5.41) is 1.08. The van der Waals surface area contributed by atoms with Gasteiger partial charge >= 0.3 is 5.97 Å². The van der Waals surface area contributed by atoms with Crippen molar-refractivity contribution in [1.82, 2.24) is 15.0 Å². The number of nitrogens with zero attached hydrogens (tertiary/aromatic N) is 2. The molecule has 3 aromatic rings. The number of ether oxygens (including phenoxy) is 1. The van der Waals surface area contributed by atoms with Gasteiger partial charge in [-0.25, -0.2) is 4.79 Å². The summed E-state index contributed by atoms with van der Waals surface area (Å²) in [6.45, 7) is 10.3. The molecule has 5 nitrogen and oxygen atoms in total. The van der Waals surface area contributed by atoms with Gasteiger partial charge in [0.05, 0.1) is 24.1 Å². The van der Waals surface area contributed by atoms with Gasteiger partial charge in [-0.15, -0.1) is 0 Å². The Balaban J connectivity index is 0.000000640. The molecule has 148 valence electrons. The second-order valence-electron chi connectivity index (χ2n) is 6.47. The monoisotopic (exact) mass is 379 g/mol. The van der Waals surface area contributed by atoms with E-state index in [0.717, 1.165) is 40.8 Å². The maximum Gasteiger partial charge on any atom is 0.337 e. The molecule has 0 aliphatic carbocycles. The zero-order chi connectivity index (χ0) is 20.5. The van der Waals surface area contributed by atoms with Gasteiger partial charge in [-0.1, -0.05) is 52.7 Å². The van der Waals surface area contributed by atoms with Gasteiger partial charge in [0.1, 0.15) is 5.69 Å². The van der Waals surface area contributed by atoms with E-state index in [1.807, 2.05) is 12.1 Å². The van der Waals surface area contributed by atoms with Crippen molar-refractivity contribution in [3.63, 3.8) is 0 Å². The molecule has 5 heteroatoms. The number of hydrogen-bond acceptors (Lipinski definition) is 4. The number of methoxy groups -OCH3 is 1. The number of carbonyl (C=O) groups is 1.